The smallest absolute Gasteiger partial charge is 0.102 e. The van der Waals surface area contributed by atoms with Gasteiger partial charge < -0.3 is 10.1 Å². The Morgan fingerprint density at radius 1 is 0.958 bits per heavy atom. The molecule has 0 saturated heterocycles. The topological polar surface area (TPSA) is 21.3 Å². The Kier molecular flexibility index (Phi) is 7.23. The predicted molar refractivity (Wildman–Crippen MR) is 102 cm³/mol. The molecule has 2 nitrogen and oxygen atoms in total. The van der Waals surface area contributed by atoms with Gasteiger partial charge in [-0.1, -0.05) is 80.6 Å². The zero-order valence-corrected chi connectivity index (χ0v) is 15.0. The quantitative estimate of drug-likeness (QED) is 0.632. The van der Waals surface area contributed by atoms with E-state index in [1.54, 1.807) is 7.11 Å². The summed E-state index contributed by atoms with van der Waals surface area (Å²) in [5.74, 6) is 0.516. The SMILES string of the molecule is C=CC[C@H](N[C@@H](c1ccccc1)[C@H](OC)c1ccccc1)C(C)C. The summed E-state index contributed by atoms with van der Waals surface area (Å²) in [4.78, 5) is 0. The van der Waals surface area contributed by atoms with Gasteiger partial charge in [0.1, 0.15) is 6.10 Å². The number of hydrogen-bond acceptors (Lipinski definition) is 2. The van der Waals surface area contributed by atoms with Crippen LogP contribution in [-0.4, -0.2) is 13.2 Å². The maximum absolute atomic E-state index is 5.92. The van der Waals surface area contributed by atoms with Gasteiger partial charge in [0.25, 0.3) is 0 Å². The molecule has 0 amide bonds. The van der Waals surface area contributed by atoms with Crippen LogP contribution in [0.4, 0.5) is 0 Å². The van der Waals surface area contributed by atoms with E-state index >= 15 is 0 Å². The zero-order valence-electron chi connectivity index (χ0n) is 15.0. The van der Waals surface area contributed by atoms with Gasteiger partial charge in [0.15, 0.2) is 0 Å². The molecule has 0 radical (unpaired) electrons. The van der Waals surface area contributed by atoms with Gasteiger partial charge in [-0.3, -0.25) is 0 Å². The van der Waals surface area contributed by atoms with Crippen molar-refractivity contribution in [1.29, 1.82) is 0 Å². The average Bonchev–Trinajstić information content (AvgIpc) is 2.62. The minimum Gasteiger partial charge on any atom is -0.375 e. The molecule has 0 unspecified atom stereocenters. The normalized spacial score (nSPS) is 15.0. The van der Waals surface area contributed by atoms with E-state index in [1.807, 2.05) is 12.1 Å². The summed E-state index contributed by atoms with van der Waals surface area (Å²) < 4.78 is 5.92. The maximum atomic E-state index is 5.92. The van der Waals surface area contributed by atoms with Gasteiger partial charge in [0.2, 0.25) is 0 Å². The molecule has 0 aliphatic rings. The van der Waals surface area contributed by atoms with Crippen molar-refractivity contribution in [2.75, 3.05) is 7.11 Å². The molecule has 128 valence electrons. The van der Waals surface area contributed by atoms with Crippen LogP contribution in [0.2, 0.25) is 0 Å². The molecule has 2 aromatic rings. The summed E-state index contributed by atoms with van der Waals surface area (Å²) in [5.41, 5.74) is 2.42. The monoisotopic (exact) mass is 323 g/mol. The highest BCUT2D eigenvalue weighted by atomic mass is 16.5. The van der Waals surface area contributed by atoms with Crippen LogP contribution >= 0.6 is 0 Å². The number of nitrogens with one attached hydrogen (secondary N) is 1. The predicted octanol–water partition coefficient (Wildman–Crippen LogP) is 5.31. The fourth-order valence-electron chi connectivity index (χ4n) is 3.07. The molecule has 0 bridgehead atoms. The van der Waals surface area contributed by atoms with Crippen molar-refractivity contribution in [1.82, 2.24) is 5.32 Å². The lowest BCUT2D eigenvalue weighted by molar-refractivity contribution is 0.0605. The number of benzene rings is 2. The fourth-order valence-corrected chi connectivity index (χ4v) is 3.07. The number of rotatable bonds is 9. The molecular formula is C22H29NO. The highest BCUT2D eigenvalue weighted by Gasteiger charge is 2.27. The van der Waals surface area contributed by atoms with Crippen LogP contribution in [-0.2, 0) is 4.74 Å². The molecule has 0 aliphatic heterocycles. The third-order valence-electron chi connectivity index (χ3n) is 4.46. The van der Waals surface area contributed by atoms with E-state index < -0.39 is 0 Å². The molecule has 0 aromatic heterocycles. The van der Waals surface area contributed by atoms with Crippen LogP contribution in [0.3, 0.4) is 0 Å². The van der Waals surface area contributed by atoms with Crippen molar-refractivity contribution in [3.63, 3.8) is 0 Å². The maximum Gasteiger partial charge on any atom is 0.102 e. The minimum atomic E-state index is -0.0420. The molecule has 2 heteroatoms. The summed E-state index contributed by atoms with van der Waals surface area (Å²) in [6.45, 7) is 8.40. The van der Waals surface area contributed by atoms with Crippen molar-refractivity contribution in [2.24, 2.45) is 5.92 Å². The molecule has 0 aliphatic carbocycles. The summed E-state index contributed by atoms with van der Waals surface area (Å²) in [5, 5.41) is 3.82. The third-order valence-corrected chi connectivity index (χ3v) is 4.46. The van der Waals surface area contributed by atoms with E-state index in [0.717, 1.165) is 6.42 Å². The van der Waals surface area contributed by atoms with Crippen molar-refractivity contribution < 1.29 is 4.74 Å². The summed E-state index contributed by atoms with van der Waals surface area (Å²) in [6, 6.07) is 21.4. The van der Waals surface area contributed by atoms with Crippen molar-refractivity contribution >= 4 is 0 Å². The molecule has 3 atom stereocenters. The number of ether oxygens (including phenoxy) is 1. The van der Waals surface area contributed by atoms with Gasteiger partial charge in [-0.25, -0.2) is 0 Å². The van der Waals surface area contributed by atoms with Crippen LogP contribution < -0.4 is 5.32 Å². The number of methoxy groups -OCH3 is 1. The van der Waals surface area contributed by atoms with E-state index in [-0.39, 0.29) is 12.1 Å². The second-order valence-electron chi connectivity index (χ2n) is 6.50. The fraction of sp³-hybridized carbons (Fsp3) is 0.364. The Balaban J connectivity index is 2.36. The highest BCUT2D eigenvalue weighted by molar-refractivity contribution is 5.26. The lowest BCUT2D eigenvalue weighted by atomic mass is 9.92. The molecule has 0 fully saturated rings. The third kappa shape index (κ3) is 4.80. The minimum absolute atomic E-state index is 0.0420. The largest absolute Gasteiger partial charge is 0.375 e. The Morgan fingerprint density at radius 3 is 1.96 bits per heavy atom. The van der Waals surface area contributed by atoms with Crippen LogP contribution in [0, 0.1) is 5.92 Å². The van der Waals surface area contributed by atoms with Crippen LogP contribution in [0.5, 0.6) is 0 Å². The molecular weight excluding hydrogens is 294 g/mol. The lowest BCUT2D eigenvalue weighted by Gasteiger charge is -2.33. The Morgan fingerprint density at radius 2 is 1.50 bits per heavy atom. The molecule has 2 aromatic carbocycles. The lowest BCUT2D eigenvalue weighted by Crippen LogP contribution is -2.39. The van der Waals surface area contributed by atoms with Gasteiger partial charge in [-0.05, 0) is 23.5 Å². The van der Waals surface area contributed by atoms with E-state index in [4.69, 9.17) is 4.74 Å². The molecule has 2 rings (SSSR count). The Bertz CT molecular complexity index is 594. The van der Waals surface area contributed by atoms with Crippen molar-refractivity contribution in [2.45, 2.75) is 38.5 Å². The molecule has 24 heavy (non-hydrogen) atoms. The summed E-state index contributed by atoms with van der Waals surface area (Å²) in [6.07, 6.45) is 2.88. The number of hydrogen-bond donors (Lipinski definition) is 1. The van der Waals surface area contributed by atoms with Gasteiger partial charge in [-0.2, -0.15) is 0 Å². The van der Waals surface area contributed by atoms with E-state index in [0.29, 0.717) is 12.0 Å². The second kappa shape index (κ2) is 9.41. The van der Waals surface area contributed by atoms with Gasteiger partial charge in [0, 0.05) is 13.2 Å². The van der Waals surface area contributed by atoms with Crippen LogP contribution in [0.1, 0.15) is 43.5 Å². The first kappa shape index (κ1) is 18.4. The first-order valence-corrected chi connectivity index (χ1v) is 8.67. The first-order valence-electron chi connectivity index (χ1n) is 8.67. The van der Waals surface area contributed by atoms with Gasteiger partial charge in [-0.15, -0.1) is 6.58 Å². The van der Waals surface area contributed by atoms with Gasteiger partial charge >= 0.3 is 0 Å². The van der Waals surface area contributed by atoms with Crippen molar-refractivity contribution in [3.05, 3.63) is 84.4 Å². The highest BCUT2D eigenvalue weighted by Crippen LogP contribution is 2.33. The summed E-state index contributed by atoms with van der Waals surface area (Å²) >= 11 is 0. The Hall–Kier alpha value is -1.90. The Labute approximate surface area is 146 Å². The van der Waals surface area contributed by atoms with Crippen LogP contribution in [0.15, 0.2) is 73.3 Å². The average molecular weight is 323 g/mol. The van der Waals surface area contributed by atoms with Crippen LogP contribution in [0.25, 0.3) is 0 Å². The molecule has 1 N–H and O–H groups in total. The van der Waals surface area contributed by atoms with Gasteiger partial charge in [0.05, 0.1) is 6.04 Å². The second-order valence-corrected chi connectivity index (χ2v) is 6.50. The first-order chi connectivity index (χ1) is 11.7. The van der Waals surface area contributed by atoms with E-state index in [1.165, 1.54) is 11.1 Å². The standard InChI is InChI=1S/C22H29NO/c1-5-12-20(17(2)3)23-21(18-13-8-6-9-14-18)22(24-4)19-15-10-7-11-16-19/h5-11,13-17,20-23H,1,12H2,2-4H3/t20-,21-,22+/m0/s1. The zero-order chi connectivity index (χ0) is 17.4. The summed E-state index contributed by atoms with van der Waals surface area (Å²) in [7, 11) is 1.78. The van der Waals surface area contributed by atoms with E-state index in [9.17, 15) is 0 Å². The molecule has 0 saturated carbocycles. The molecule has 0 spiro atoms. The van der Waals surface area contributed by atoms with Crippen molar-refractivity contribution in [3.8, 4) is 0 Å². The van der Waals surface area contributed by atoms with E-state index in [2.05, 4.69) is 80.3 Å². The molecule has 0 heterocycles.